The second-order valence-electron chi connectivity index (χ2n) is 8.02. The molecule has 2 aromatic rings. The number of hydrogen-bond donors (Lipinski definition) is 2. The third-order valence-electron chi connectivity index (χ3n) is 5.60. The summed E-state index contributed by atoms with van der Waals surface area (Å²) in [5.41, 5.74) is -0.322. The second-order valence-corrected chi connectivity index (χ2v) is 9.27. The molecule has 0 saturated heterocycles. The van der Waals surface area contributed by atoms with Crippen molar-refractivity contribution in [1.82, 2.24) is 4.90 Å². The molecule has 158 valence electrons. The van der Waals surface area contributed by atoms with Gasteiger partial charge in [-0.15, -0.1) is 0 Å². The molecule has 4 nitrogen and oxygen atoms in total. The van der Waals surface area contributed by atoms with Gasteiger partial charge in [-0.1, -0.05) is 53.0 Å². The Morgan fingerprint density at radius 2 is 1.66 bits per heavy atom. The Hall–Kier alpha value is -1.01. The number of aliphatic hydroxyl groups is 2. The summed E-state index contributed by atoms with van der Waals surface area (Å²) < 4.78 is 0. The molecule has 2 unspecified atom stereocenters. The van der Waals surface area contributed by atoms with E-state index in [1.54, 1.807) is 41.3 Å². The van der Waals surface area contributed by atoms with Crippen LogP contribution in [0.3, 0.4) is 0 Å². The van der Waals surface area contributed by atoms with Crippen LogP contribution in [0.25, 0.3) is 0 Å². The number of benzene rings is 2. The van der Waals surface area contributed by atoms with Gasteiger partial charge in [0.2, 0.25) is 0 Å². The number of rotatable bonds is 6. The monoisotopic (exact) mass is 456 g/mol. The van der Waals surface area contributed by atoms with Gasteiger partial charge in [0.25, 0.3) is 0 Å². The summed E-state index contributed by atoms with van der Waals surface area (Å²) in [5, 5.41) is 24.2. The molecule has 0 fully saturated rings. The van der Waals surface area contributed by atoms with Crippen LogP contribution in [-0.2, 0) is 5.60 Å². The Labute approximate surface area is 187 Å². The molecule has 1 aliphatic rings. The standard InChI is InChI=1S/C22H27Cl3N2O2/c1-13(2)26(14(3)4)9-10-27-19-12-15(23)11-18(25)20(19)22(29,21(27)28)16-7-5-6-8-17(16)24/h5-8,11-14,21,28-29H,9-10H2,1-4H3. The van der Waals surface area contributed by atoms with Gasteiger partial charge in [-0.25, -0.2) is 0 Å². The molecule has 0 saturated carbocycles. The summed E-state index contributed by atoms with van der Waals surface area (Å²) in [6.07, 6.45) is -1.26. The van der Waals surface area contributed by atoms with Gasteiger partial charge in [0.15, 0.2) is 11.8 Å². The number of fused-ring (bicyclic) bond motifs is 1. The minimum absolute atomic E-state index is 0.293. The quantitative estimate of drug-likeness (QED) is 0.630. The fourth-order valence-electron chi connectivity index (χ4n) is 4.27. The van der Waals surface area contributed by atoms with Gasteiger partial charge in [0.1, 0.15) is 0 Å². The summed E-state index contributed by atoms with van der Waals surface area (Å²) in [7, 11) is 0. The van der Waals surface area contributed by atoms with Crippen LogP contribution in [0.1, 0.15) is 38.8 Å². The molecule has 29 heavy (non-hydrogen) atoms. The third-order valence-corrected chi connectivity index (χ3v) is 6.45. The number of aliphatic hydroxyl groups excluding tert-OH is 1. The van der Waals surface area contributed by atoms with E-state index >= 15 is 0 Å². The maximum atomic E-state index is 11.8. The molecule has 3 rings (SSSR count). The molecule has 0 aliphatic carbocycles. The predicted octanol–water partition coefficient (Wildman–Crippen LogP) is 5.14. The molecule has 0 amide bonds. The van der Waals surface area contributed by atoms with Crippen molar-refractivity contribution in [3.63, 3.8) is 0 Å². The fraction of sp³-hybridized carbons (Fsp3) is 0.455. The van der Waals surface area contributed by atoms with Gasteiger partial charge in [0.05, 0.1) is 5.02 Å². The molecule has 2 aromatic carbocycles. The SMILES string of the molecule is CC(C)N(CCN1c2cc(Cl)cc(Cl)c2C(O)(c2ccccc2Cl)C1O)C(C)C. The molecule has 1 heterocycles. The van der Waals surface area contributed by atoms with E-state index in [9.17, 15) is 10.2 Å². The van der Waals surface area contributed by atoms with Crippen LogP contribution in [-0.4, -0.2) is 46.5 Å². The highest BCUT2D eigenvalue weighted by atomic mass is 35.5. The van der Waals surface area contributed by atoms with Gasteiger partial charge in [-0.3, -0.25) is 4.90 Å². The van der Waals surface area contributed by atoms with E-state index in [0.29, 0.717) is 57.1 Å². The lowest BCUT2D eigenvalue weighted by Gasteiger charge is -2.36. The molecular weight excluding hydrogens is 431 g/mol. The van der Waals surface area contributed by atoms with E-state index in [0.717, 1.165) is 0 Å². The number of hydrogen-bond acceptors (Lipinski definition) is 4. The number of halogens is 3. The van der Waals surface area contributed by atoms with Crippen molar-refractivity contribution < 1.29 is 10.2 Å². The zero-order valence-electron chi connectivity index (χ0n) is 17.0. The van der Waals surface area contributed by atoms with E-state index in [4.69, 9.17) is 34.8 Å². The molecule has 0 bridgehead atoms. The topological polar surface area (TPSA) is 46.9 Å². The Balaban J connectivity index is 2.09. The molecule has 0 spiro atoms. The van der Waals surface area contributed by atoms with Crippen molar-refractivity contribution in [3.05, 3.63) is 62.6 Å². The highest BCUT2D eigenvalue weighted by molar-refractivity contribution is 6.36. The van der Waals surface area contributed by atoms with Gasteiger partial charge < -0.3 is 15.1 Å². The summed E-state index contributed by atoms with van der Waals surface area (Å²) >= 11 is 19.2. The average molecular weight is 458 g/mol. The Bertz CT molecular complexity index is 882. The third kappa shape index (κ3) is 3.99. The lowest BCUT2D eigenvalue weighted by Crippen LogP contribution is -2.49. The fourth-order valence-corrected chi connectivity index (χ4v) is 5.18. The minimum atomic E-state index is -1.77. The van der Waals surface area contributed by atoms with E-state index < -0.39 is 11.8 Å². The maximum Gasteiger partial charge on any atom is 0.164 e. The van der Waals surface area contributed by atoms with Crippen molar-refractivity contribution in [1.29, 1.82) is 0 Å². The predicted molar refractivity (Wildman–Crippen MR) is 121 cm³/mol. The Morgan fingerprint density at radius 3 is 2.24 bits per heavy atom. The van der Waals surface area contributed by atoms with Crippen LogP contribution in [0.4, 0.5) is 5.69 Å². The molecule has 0 aromatic heterocycles. The highest BCUT2D eigenvalue weighted by Gasteiger charge is 2.53. The van der Waals surface area contributed by atoms with Gasteiger partial charge in [-0.05, 0) is 45.9 Å². The van der Waals surface area contributed by atoms with E-state index in [1.807, 2.05) is 0 Å². The van der Waals surface area contributed by atoms with Crippen LogP contribution in [0, 0.1) is 0 Å². The Morgan fingerprint density at radius 1 is 1.03 bits per heavy atom. The molecular formula is C22H27Cl3N2O2. The summed E-state index contributed by atoms with van der Waals surface area (Å²) in [5.74, 6) is 0. The molecule has 2 N–H and O–H groups in total. The van der Waals surface area contributed by atoms with Crippen molar-refractivity contribution in [3.8, 4) is 0 Å². The van der Waals surface area contributed by atoms with Crippen LogP contribution in [0.2, 0.25) is 15.1 Å². The van der Waals surface area contributed by atoms with Crippen molar-refractivity contribution in [2.24, 2.45) is 0 Å². The normalized spacial score (nSPS) is 21.5. The van der Waals surface area contributed by atoms with Crippen LogP contribution >= 0.6 is 34.8 Å². The highest BCUT2D eigenvalue weighted by Crippen LogP contribution is 2.52. The largest absolute Gasteiger partial charge is 0.375 e. The maximum absolute atomic E-state index is 11.8. The minimum Gasteiger partial charge on any atom is -0.375 e. The Kier molecular flexibility index (Phi) is 6.74. The molecule has 1 aliphatic heterocycles. The van der Waals surface area contributed by atoms with E-state index in [2.05, 4.69) is 32.6 Å². The van der Waals surface area contributed by atoms with Gasteiger partial charge in [0, 0.05) is 52.0 Å². The summed E-state index contributed by atoms with van der Waals surface area (Å²) in [6.45, 7) is 9.76. The zero-order valence-corrected chi connectivity index (χ0v) is 19.3. The zero-order chi connectivity index (χ0) is 21.5. The first kappa shape index (κ1) is 22.7. The average Bonchev–Trinajstić information content (AvgIpc) is 2.83. The molecule has 7 heteroatoms. The summed E-state index contributed by atoms with van der Waals surface area (Å²) in [4.78, 5) is 4.08. The van der Waals surface area contributed by atoms with Crippen LogP contribution < -0.4 is 4.90 Å². The second kappa shape index (κ2) is 8.62. The lowest BCUT2D eigenvalue weighted by atomic mass is 9.86. The molecule has 2 atom stereocenters. The van der Waals surface area contributed by atoms with Crippen LogP contribution in [0.15, 0.2) is 36.4 Å². The molecule has 0 radical (unpaired) electrons. The van der Waals surface area contributed by atoms with E-state index in [1.165, 1.54) is 0 Å². The lowest BCUT2D eigenvalue weighted by molar-refractivity contribution is -0.0390. The first-order valence-corrected chi connectivity index (χ1v) is 10.9. The first-order chi connectivity index (χ1) is 13.6. The van der Waals surface area contributed by atoms with Crippen molar-refractivity contribution >= 4 is 40.5 Å². The van der Waals surface area contributed by atoms with Crippen molar-refractivity contribution in [2.75, 3.05) is 18.0 Å². The van der Waals surface area contributed by atoms with Gasteiger partial charge in [-0.2, -0.15) is 0 Å². The first-order valence-electron chi connectivity index (χ1n) is 9.76. The number of nitrogens with zero attached hydrogens (tertiary/aromatic N) is 2. The van der Waals surface area contributed by atoms with Gasteiger partial charge >= 0.3 is 0 Å². The summed E-state index contributed by atoms with van der Waals surface area (Å²) in [6, 6.07) is 11.0. The number of anilines is 1. The van der Waals surface area contributed by atoms with Crippen LogP contribution in [0.5, 0.6) is 0 Å². The smallest absolute Gasteiger partial charge is 0.164 e. The van der Waals surface area contributed by atoms with E-state index in [-0.39, 0.29) is 0 Å². The van der Waals surface area contributed by atoms with Crippen molar-refractivity contribution in [2.45, 2.75) is 51.6 Å².